The molecule has 252 valence electrons. The summed E-state index contributed by atoms with van der Waals surface area (Å²) in [7, 11) is -3.26. The van der Waals surface area contributed by atoms with Gasteiger partial charge in [0, 0.05) is 12.1 Å². The molecule has 0 aliphatic heterocycles. The van der Waals surface area contributed by atoms with Crippen molar-refractivity contribution >= 4 is 25.8 Å². The Hall–Kier alpha value is -3.22. The van der Waals surface area contributed by atoms with Crippen molar-refractivity contribution in [3.8, 4) is 17.1 Å². The Labute approximate surface area is 265 Å². The lowest BCUT2D eigenvalue weighted by Crippen LogP contribution is -2.47. The second-order valence-electron chi connectivity index (χ2n) is 10.3. The Morgan fingerprint density at radius 1 is 1.02 bits per heavy atom. The number of nitrogens with one attached hydrogen (secondary N) is 3. The molecular formula is C31H49N4O9P. The van der Waals surface area contributed by atoms with Gasteiger partial charge < -0.3 is 34.2 Å². The van der Waals surface area contributed by atoms with Crippen molar-refractivity contribution in [2.75, 3.05) is 32.8 Å². The normalized spacial score (nSPS) is 12.8. The average Bonchev–Trinajstić information content (AvgIpc) is 3.51. The van der Waals surface area contributed by atoms with E-state index in [1.54, 1.807) is 32.9 Å². The summed E-state index contributed by atoms with van der Waals surface area (Å²) in [5.41, 5.74) is 1.50. The van der Waals surface area contributed by atoms with Crippen molar-refractivity contribution in [3.63, 3.8) is 0 Å². The molecule has 0 unspecified atom stereocenters. The van der Waals surface area contributed by atoms with Crippen molar-refractivity contribution in [1.29, 1.82) is 0 Å². The maximum Gasteiger partial charge on any atom is 0.344 e. The first-order valence-electron chi connectivity index (χ1n) is 15.6. The number of carbonyl (C=O) groups excluding carboxylic acids is 3. The fraction of sp³-hybridized carbons (Fsp3) is 0.581. The summed E-state index contributed by atoms with van der Waals surface area (Å²) >= 11 is 0. The van der Waals surface area contributed by atoms with Crippen LogP contribution in [0.25, 0.3) is 11.3 Å². The number of unbranched alkanes of at least 4 members (excludes halogenated alkanes) is 2. The van der Waals surface area contributed by atoms with E-state index in [4.69, 9.17) is 18.2 Å². The molecule has 2 rings (SSSR count). The van der Waals surface area contributed by atoms with E-state index < -0.39 is 25.5 Å². The minimum atomic E-state index is -3.26. The zero-order valence-electron chi connectivity index (χ0n) is 27.0. The summed E-state index contributed by atoms with van der Waals surface area (Å²) in [5.74, 6) is -0.450. The largest absolute Gasteiger partial charge is 0.494 e. The molecule has 0 fully saturated rings. The van der Waals surface area contributed by atoms with Gasteiger partial charge in [-0.2, -0.15) is 0 Å². The molecule has 14 heteroatoms. The molecule has 4 N–H and O–H groups in total. The molecule has 0 spiro atoms. The highest BCUT2D eigenvalue weighted by Crippen LogP contribution is 2.46. The molecule has 0 radical (unpaired) electrons. The number of amides is 3. The van der Waals surface area contributed by atoms with Crippen LogP contribution in [-0.4, -0.2) is 67.3 Å². The van der Waals surface area contributed by atoms with Crippen molar-refractivity contribution in [3.05, 3.63) is 41.7 Å². The van der Waals surface area contributed by atoms with Gasteiger partial charge in [0.05, 0.1) is 44.7 Å². The zero-order valence-corrected chi connectivity index (χ0v) is 27.9. The third-order valence-electron chi connectivity index (χ3n) is 6.98. The van der Waals surface area contributed by atoms with Gasteiger partial charge in [-0.15, -0.1) is 0 Å². The Kier molecular flexibility index (Phi) is 16.9. The van der Waals surface area contributed by atoms with Crippen LogP contribution in [0.4, 0.5) is 0 Å². The van der Waals surface area contributed by atoms with Crippen LogP contribution < -0.4 is 20.7 Å². The monoisotopic (exact) mass is 652 g/mol. The fourth-order valence-corrected chi connectivity index (χ4v) is 6.34. The zero-order chi connectivity index (χ0) is 33.2. The number of rotatable bonds is 23. The van der Waals surface area contributed by atoms with Gasteiger partial charge >= 0.3 is 7.60 Å². The van der Waals surface area contributed by atoms with Gasteiger partial charge in [0.15, 0.2) is 5.76 Å². The highest BCUT2D eigenvalue weighted by Gasteiger charge is 2.30. The van der Waals surface area contributed by atoms with Gasteiger partial charge in [0.1, 0.15) is 11.5 Å². The van der Waals surface area contributed by atoms with E-state index in [1.165, 1.54) is 6.07 Å². The number of nitrogens with zero attached hydrogens (tertiary/aromatic N) is 1. The van der Waals surface area contributed by atoms with Crippen molar-refractivity contribution in [1.82, 2.24) is 21.0 Å². The van der Waals surface area contributed by atoms with Gasteiger partial charge in [-0.1, -0.05) is 33.1 Å². The molecule has 45 heavy (non-hydrogen) atoms. The summed E-state index contributed by atoms with van der Waals surface area (Å²) in [4.78, 5) is 37.0. The first-order chi connectivity index (χ1) is 21.6. The van der Waals surface area contributed by atoms with E-state index >= 15 is 0 Å². The minimum absolute atomic E-state index is 0.0401. The van der Waals surface area contributed by atoms with Gasteiger partial charge in [0.25, 0.3) is 5.91 Å². The summed E-state index contributed by atoms with van der Waals surface area (Å²) < 4.78 is 35.0. The number of hydrogen-bond acceptors (Lipinski definition) is 10. The molecule has 13 nitrogen and oxygen atoms in total. The molecule has 3 amide bonds. The molecule has 2 aromatic rings. The van der Waals surface area contributed by atoms with Gasteiger partial charge in [0.2, 0.25) is 12.3 Å². The lowest BCUT2D eigenvalue weighted by molar-refractivity contribution is -0.168. The minimum Gasteiger partial charge on any atom is -0.494 e. The van der Waals surface area contributed by atoms with E-state index in [0.717, 1.165) is 24.8 Å². The van der Waals surface area contributed by atoms with Crippen LogP contribution in [0.5, 0.6) is 5.75 Å². The van der Waals surface area contributed by atoms with Crippen LogP contribution in [-0.2, 0) is 29.7 Å². The van der Waals surface area contributed by atoms with E-state index in [2.05, 4.69) is 16.0 Å². The van der Waals surface area contributed by atoms with Crippen LogP contribution in [0.1, 0.15) is 82.8 Å². The summed E-state index contributed by atoms with van der Waals surface area (Å²) in [6, 6.07) is 8.05. The summed E-state index contributed by atoms with van der Waals surface area (Å²) in [6.07, 6.45) is 3.88. The van der Waals surface area contributed by atoms with Crippen molar-refractivity contribution in [2.45, 2.75) is 79.3 Å². The quantitative estimate of drug-likeness (QED) is 0.0309. The van der Waals surface area contributed by atoms with E-state index in [-0.39, 0.29) is 37.8 Å². The topological polar surface area (TPSA) is 169 Å². The SMILES string of the molecule is CCCCC[C@@H](C(=O)NCNC(=O)c1ccc(-c2cc(CNCP(=O)(OCC)OCC)cc(OCC)c2)o1)[C@@H](CC)N(O)C=O. The first kappa shape index (κ1) is 38.0. The molecule has 2 atom stereocenters. The molecule has 0 aliphatic carbocycles. The Bertz CT molecular complexity index is 1250. The molecule has 0 bridgehead atoms. The number of hydroxylamine groups is 2. The van der Waals surface area contributed by atoms with Gasteiger partial charge in [-0.05, 0) is 69.5 Å². The van der Waals surface area contributed by atoms with Gasteiger partial charge in [-0.25, -0.2) is 5.06 Å². The predicted octanol–water partition coefficient (Wildman–Crippen LogP) is 5.28. The number of furan rings is 1. The van der Waals surface area contributed by atoms with Crippen LogP contribution in [0.15, 0.2) is 34.7 Å². The number of hydrogen-bond donors (Lipinski definition) is 4. The van der Waals surface area contributed by atoms with Crippen LogP contribution in [0.2, 0.25) is 0 Å². The Balaban J connectivity index is 2.08. The molecule has 0 saturated heterocycles. The smallest absolute Gasteiger partial charge is 0.344 e. The van der Waals surface area contributed by atoms with E-state index in [9.17, 15) is 24.2 Å². The standard InChI is InChI=1S/C31H49N4O9P/c1-6-11-12-13-26(27(7-2)35(39)22-36)30(37)33-20-34-31(38)29-15-14-28(44-29)24-16-23(17-25(18-24)41-8-3)19-32-21-45(40,42-9-4)43-10-5/h14-18,22,26-27,32,39H,6-13,19-21H2,1-5H3,(H,33,37)(H,34,38)/t26-,27-/m1/s1. The lowest BCUT2D eigenvalue weighted by Gasteiger charge is -2.29. The lowest BCUT2D eigenvalue weighted by atomic mass is 9.90. The predicted molar refractivity (Wildman–Crippen MR) is 170 cm³/mol. The molecule has 0 saturated carbocycles. The molecule has 1 aromatic heterocycles. The maximum absolute atomic E-state index is 13.0. The van der Waals surface area contributed by atoms with Crippen LogP contribution >= 0.6 is 7.60 Å². The van der Waals surface area contributed by atoms with Crippen molar-refractivity contribution < 1.29 is 42.4 Å². The average molecular weight is 653 g/mol. The first-order valence-corrected chi connectivity index (χ1v) is 17.3. The van der Waals surface area contributed by atoms with E-state index in [1.807, 2.05) is 26.0 Å². The van der Waals surface area contributed by atoms with Crippen LogP contribution in [0, 0.1) is 5.92 Å². The van der Waals surface area contributed by atoms with E-state index in [0.29, 0.717) is 54.5 Å². The highest BCUT2D eigenvalue weighted by atomic mass is 31.2. The van der Waals surface area contributed by atoms with Crippen LogP contribution in [0.3, 0.4) is 0 Å². The Morgan fingerprint density at radius 3 is 2.38 bits per heavy atom. The second-order valence-corrected chi connectivity index (χ2v) is 12.3. The van der Waals surface area contributed by atoms with Crippen molar-refractivity contribution in [2.24, 2.45) is 5.92 Å². The highest BCUT2D eigenvalue weighted by molar-refractivity contribution is 7.53. The fourth-order valence-electron chi connectivity index (χ4n) is 4.91. The third kappa shape index (κ3) is 12.2. The summed E-state index contributed by atoms with van der Waals surface area (Å²) in [6.45, 7) is 10.4. The molecule has 1 aromatic carbocycles. The number of benzene rings is 1. The number of carbonyl (C=O) groups is 3. The number of ether oxygens (including phenoxy) is 1. The second kappa shape index (κ2) is 20.0. The maximum atomic E-state index is 13.0. The molecule has 0 aliphatic rings. The third-order valence-corrected chi connectivity index (χ3v) is 8.89. The Morgan fingerprint density at radius 2 is 1.76 bits per heavy atom. The summed E-state index contributed by atoms with van der Waals surface area (Å²) in [5, 5.41) is 19.0. The molecule has 1 heterocycles. The van der Waals surface area contributed by atoms with Gasteiger partial charge in [-0.3, -0.25) is 24.2 Å². The molecular weight excluding hydrogens is 603 g/mol.